The maximum absolute atomic E-state index is 13.5. The maximum Gasteiger partial charge on any atom is 0.317 e. The first kappa shape index (κ1) is 13.6. The summed E-state index contributed by atoms with van der Waals surface area (Å²) in [4.78, 5) is 12.5. The number of carboxylic acid groups (broad SMARTS) is 1. The van der Waals surface area contributed by atoms with Crippen molar-refractivity contribution in [3.63, 3.8) is 0 Å². The van der Waals surface area contributed by atoms with Gasteiger partial charge in [-0.15, -0.1) is 0 Å². The quantitative estimate of drug-likeness (QED) is 0.877. The molecule has 1 aromatic carbocycles. The van der Waals surface area contributed by atoms with Gasteiger partial charge >= 0.3 is 5.97 Å². The standard InChI is InChI=1S/C13H18FNO2/c1-13(2,3)15(9-12(16)17)8-10-6-4-5-7-11(10)14/h4-7H,8-9H2,1-3H3,(H,16,17). The molecule has 0 saturated heterocycles. The SMILES string of the molecule is CC(C)(C)N(CC(=O)O)Cc1ccccc1F. The Morgan fingerprint density at radius 1 is 1.35 bits per heavy atom. The molecule has 0 spiro atoms. The van der Waals surface area contributed by atoms with E-state index in [4.69, 9.17) is 5.11 Å². The Morgan fingerprint density at radius 3 is 2.41 bits per heavy atom. The van der Waals surface area contributed by atoms with Gasteiger partial charge in [-0.2, -0.15) is 0 Å². The molecule has 0 aliphatic rings. The number of benzene rings is 1. The van der Waals surface area contributed by atoms with Gasteiger partial charge in [0.05, 0.1) is 6.54 Å². The van der Waals surface area contributed by atoms with E-state index < -0.39 is 5.97 Å². The molecule has 1 rings (SSSR count). The largest absolute Gasteiger partial charge is 0.480 e. The number of hydrogen-bond acceptors (Lipinski definition) is 2. The molecule has 0 radical (unpaired) electrons. The van der Waals surface area contributed by atoms with Gasteiger partial charge in [0.15, 0.2) is 0 Å². The van der Waals surface area contributed by atoms with Crippen molar-refractivity contribution in [1.82, 2.24) is 4.90 Å². The monoisotopic (exact) mass is 239 g/mol. The lowest BCUT2D eigenvalue weighted by Crippen LogP contribution is -2.43. The predicted octanol–water partition coefficient (Wildman–Crippen LogP) is 2.51. The van der Waals surface area contributed by atoms with Crippen LogP contribution in [0.5, 0.6) is 0 Å². The van der Waals surface area contributed by atoms with Gasteiger partial charge < -0.3 is 5.11 Å². The number of carboxylic acids is 1. The van der Waals surface area contributed by atoms with E-state index in [1.807, 2.05) is 20.8 Å². The fourth-order valence-electron chi connectivity index (χ4n) is 1.53. The molecule has 1 N–H and O–H groups in total. The molecule has 0 saturated carbocycles. The topological polar surface area (TPSA) is 40.5 Å². The zero-order valence-electron chi connectivity index (χ0n) is 10.4. The summed E-state index contributed by atoms with van der Waals surface area (Å²) in [5.74, 6) is -1.21. The van der Waals surface area contributed by atoms with Gasteiger partial charge in [-0.3, -0.25) is 9.69 Å². The van der Waals surface area contributed by atoms with Gasteiger partial charge in [0, 0.05) is 17.6 Å². The number of rotatable bonds is 4. The van der Waals surface area contributed by atoms with Crippen molar-refractivity contribution in [1.29, 1.82) is 0 Å². The molecule has 0 aliphatic heterocycles. The minimum Gasteiger partial charge on any atom is -0.480 e. The van der Waals surface area contributed by atoms with Crippen molar-refractivity contribution in [2.45, 2.75) is 32.9 Å². The highest BCUT2D eigenvalue weighted by Crippen LogP contribution is 2.18. The molecule has 3 nitrogen and oxygen atoms in total. The number of hydrogen-bond donors (Lipinski definition) is 1. The van der Waals surface area contributed by atoms with Crippen LogP contribution in [0.15, 0.2) is 24.3 Å². The van der Waals surface area contributed by atoms with Crippen molar-refractivity contribution in [3.8, 4) is 0 Å². The Bertz CT molecular complexity index is 399. The summed E-state index contributed by atoms with van der Waals surface area (Å²) in [5.41, 5.74) is 0.199. The average molecular weight is 239 g/mol. The summed E-state index contributed by atoms with van der Waals surface area (Å²) >= 11 is 0. The smallest absolute Gasteiger partial charge is 0.317 e. The Morgan fingerprint density at radius 2 is 1.94 bits per heavy atom. The van der Waals surface area contributed by atoms with Crippen LogP contribution in [0.3, 0.4) is 0 Å². The summed E-state index contributed by atoms with van der Waals surface area (Å²) in [6.07, 6.45) is 0. The van der Waals surface area contributed by atoms with E-state index in [0.29, 0.717) is 12.1 Å². The number of nitrogens with zero attached hydrogens (tertiary/aromatic N) is 1. The van der Waals surface area contributed by atoms with Crippen molar-refractivity contribution >= 4 is 5.97 Å². The average Bonchev–Trinajstić information content (AvgIpc) is 2.18. The highest BCUT2D eigenvalue weighted by atomic mass is 19.1. The van der Waals surface area contributed by atoms with Gasteiger partial charge in [-0.05, 0) is 26.8 Å². The van der Waals surface area contributed by atoms with Crippen molar-refractivity contribution in [3.05, 3.63) is 35.6 Å². The molecular formula is C13H18FNO2. The lowest BCUT2D eigenvalue weighted by Gasteiger charge is -2.34. The maximum atomic E-state index is 13.5. The summed E-state index contributed by atoms with van der Waals surface area (Å²) < 4.78 is 13.5. The molecule has 17 heavy (non-hydrogen) atoms. The molecule has 0 atom stereocenters. The molecule has 0 aromatic heterocycles. The van der Waals surface area contributed by atoms with Gasteiger partial charge in [-0.1, -0.05) is 18.2 Å². The van der Waals surface area contributed by atoms with Crippen LogP contribution in [0.4, 0.5) is 4.39 Å². The Balaban J connectivity index is 2.87. The molecule has 0 heterocycles. The molecule has 0 bridgehead atoms. The van der Waals surface area contributed by atoms with Crippen LogP contribution in [-0.4, -0.2) is 28.1 Å². The van der Waals surface area contributed by atoms with Crippen LogP contribution in [-0.2, 0) is 11.3 Å². The third-order valence-corrected chi connectivity index (χ3v) is 2.59. The summed E-state index contributed by atoms with van der Waals surface area (Å²) in [6.45, 7) is 5.94. The van der Waals surface area contributed by atoms with E-state index in [9.17, 15) is 9.18 Å². The fourth-order valence-corrected chi connectivity index (χ4v) is 1.53. The van der Waals surface area contributed by atoms with Crippen molar-refractivity contribution < 1.29 is 14.3 Å². The Hall–Kier alpha value is -1.42. The summed E-state index contributed by atoms with van der Waals surface area (Å²) in [7, 11) is 0. The molecule has 1 aromatic rings. The van der Waals surface area contributed by atoms with Gasteiger partial charge in [0.25, 0.3) is 0 Å². The van der Waals surface area contributed by atoms with Gasteiger partial charge in [0.2, 0.25) is 0 Å². The third kappa shape index (κ3) is 4.15. The normalized spacial score (nSPS) is 11.8. The van der Waals surface area contributed by atoms with E-state index in [0.717, 1.165) is 0 Å². The molecule has 0 aliphatic carbocycles. The minimum atomic E-state index is -0.906. The minimum absolute atomic E-state index is 0.0994. The van der Waals surface area contributed by atoms with Crippen molar-refractivity contribution in [2.75, 3.05) is 6.54 Å². The van der Waals surface area contributed by atoms with Crippen molar-refractivity contribution in [2.24, 2.45) is 0 Å². The van der Waals surface area contributed by atoms with E-state index in [-0.39, 0.29) is 17.9 Å². The van der Waals surface area contributed by atoms with Crippen LogP contribution in [0, 0.1) is 5.82 Å². The van der Waals surface area contributed by atoms with Gasteiger partial charge in [0.1, 0.15) is 5.82 Å². The van der Waals surface area contributed by atoms with E-state index in [1.54, 1.807) is 23.1 Å². The lowest BCUT2D eigenvalue weighted by molar-refractivity contribution is -0.139. The molecule has 0 unspecified atom stereocenters. The van der Waals surface area contributed by atoms with E-state index in [2.05, 4.69) is 0 Å². The van der Waals surface area contributed by atoms with Crippen LogP contribution in [0.25, 0.3) is 0 Å². The first-order chi connectivity index (χ1) is 7.80. The van der Waals surface area contributed by atoms with E-state index >= 15 is 0 Å². The number of aliphatic carboxylic acids is 1. The van der Waals surface area contributed by atoms with E-state index in [1.165, 1.54) is 6.07 Å². The Labute approximate surface area is 101 Å². The third-order valence-electron chi connectivity index (χ3n) is 2.59. The summed E-state index contributed by atoms with van der Waals surface area (Å²) in [5, 5.41) is 8.86. The van der Waals surface area contributed by atoms with Crippen LogP contribution in [0.2, 0.25) is 0 Å². The molecule has 0 fully saturated rings. The first-order valence-corrected chi connectivity index (χ1v) is 5.51. The fraction of sp³-hybridized carbons (Fsp3) is 0.462. The van der Waals surface area contributed by atoms with Crippen LogP contribution in [0.1, 0.15) is 26.3 Å². The second-order valence-electron chi connectivity index (χ2n) is 5.01. The predicted molar refractivity (Wildman–Crippen MR) is 64.2 cm³/mol. The number of halogens is 1. The number of carbonyl (C=O) groups is 1. The lowest BCUT2D eigenvalue weighted by atomic mass is 10.0. The zero-order valence-corrected chi connectivity index (χ0v) is 10.4. The highest BCUT2D eigenvalue weighted by Gasteiger charge is 2.24. The second kappa shape index (κ2) is 5.27. The van der Waals surface area contributed by atoms with Gasteiger partial charge in [-0.25, -0.2) is 4.39 Å². The highest BCUT2D eigenvalue weighted by molar-refractivity contribution is 5.69. The molecular weight excluding hydrogens is 221 g/mol. The van der Waals surface area contributed by atoms with Crippen LogP contribution >= 0.6 is 0 Å². The zero-order chi connectivity index (χ0) is 13.1. The second-order valence-corrected chi connectivity index (χ2v) is 5.01. The molecule has 94 valence electrons. The first-order valence-electron chi connectivity index (χ1n) is 5.51. The summed E-state index contributed by atoms with van der Waals surface area (Å²) in [6, 6.07) is 6.43. The molecule has 0 amide bonds. The van der Waals surface area contributed by atoms with Crippen LogP contribution < -0.4 is 0 Å². The molecule has 4 heteroatoms. The Kier molecular flexibility index (Phi) is 4.23.